The van der Waals surface area contributed by atoms with Crippen LogP contribution in [0.3, 0.4) is 0 Å². The second-order valence-electron chi connectivity index (χ2n) is 4.73. The van der Waals surface area contributed by atoms with Gasteiger partial charge < -0.3 is 10.4 Å². The summed E-state index contributed by atoms with van der Waals surface area (Å²) in [6.07, 6.45) is 2.67. The molecule has 2 atom stereocenters. The average Bonchev–Trinajstić information content (AvgIpc) is 2.38. The Labute approximate surface area is 108 Å². The standard InChI is InChI=1S/C14H21NOS/c1-15-9-14(12-3-2-8-17-10-12)11-4-6-13(16)7-5-11/h4-7,12,14-16H,2-3,8-10H2,1H3. The molecule has 1 heterocycles. The molecule has 0 aromatic heterocycles. The van der Waals surface area contributed by atoms with Gasteiger partial charge in [-0.3, -0.25) is 0 Å². The van der Waals surface area contributed by atoms with Gasteiger partial charge >= 0.3 is 0 Å². The number of hydrogen-bond donors (Lipinski definition) is 2. The maximum Gasteiger partial charge on any atom is 0.115 e. The average molecular weight is 251 g/mol. The fourth-order valence-corrected chi connectivity index (χ4v) is 3.82. The number of phenolic OH excluding ortho intramolecular Hbond substituents is 1. The van der Waals surface area contributed by atoms with Crippen molar-refractivity contribution in [2.45, 2.75) is 18.8 Å². The van der Waals surface area contributed by atoms with Crippen molar-refractivity contribution in [3.8, 4) is 5.75 Å². The third kappa shape index (κ3) is 3.39. The minimum atomic E-state index is 0.356. The molecule has 0 radical (unpaired) electrons. The number of phenols is 1. The second-order valence-corrected chi connectivity index (χ2v) is 5.88. The topological polar surface area (TPSA) is 32.3 Å². The summed E-state index contributed by atoms with van der Waals surface area (Å²) < 4.78 is 0. The SMILES string of the molecule is CNCC(c1ccc(O)cc1)C1CCCSC1. The van der Waals surface area contributed by atoms with E-state index < -0.39 is 0 Å². The van der Waals surface area contributed by atoms with Crippen molar-refractivity contribution in [3.05, 3.63) is 29.8 Å². The van der Waals surface area contributed by atoms with Gasteiger partial charge in [-0.2, -0.15) is 11.8 Å². The van der Waals surface area contributed by atoms with Crippen molar-refractivity contribution >= 4 is 11.8 Å². The Morgan fingerprint density at radius 3 is 2.76 bits per heavy atom. The predicted octanol–water partition coefficient (Wildman–Crippen LogP) is 2.84. The summed E-state index contributed by atoms with van der Waals surface area (Å²) in [7, 11) is 2.02. The number of thioether (sulfide) groups is 1. The summed E-state index contributed by atoms with van der Waals surface area (Å²) in [4.78, 5) is 0. The Balaban J connectivity index is 2.12. The molecule has 0 saturated carbocycles. The van der Waals surface area contributed by atoms with E-state index >= 15 is 0 Å². The lowest BCUT2D eigenvalue weighted by molar-refractivity contribution is 0.412. The molecule has 1 aliphatic rings. The number of nitrogens with one attached hydrogen (secondary N) is 1. The molecule has 2 rings (SSSR count). The van der Waals surface area contributed by atoms with E-state index in [2.05, 4.69) is 29.2 Å². The van der Waals surface area contributed by atoms with Gasteiger partial charge in [0, 0.05) is 6.54 Å². The van der Waals surface area contributed by atoms with Gasteiger partial charge in [-0.15, -0.1) is 0 Å². The van der Waals surface area contributed by atoms with Crippen LogP contribution in [0.4, 0.5) is 0 Å². The first-order chi connectivity index (χ1) is 8.31. The Kier molecular flexibility index (Phi) is 4.75. The lowest BCUT2D eigenvalue weighted by atomic mass is 9.84. The third-order valence-electron chi connectivity index (χ3n) is 3.51. The fraction of sp³-hybridized carbons (Fsp3) is 0.571. The molecule has 1 aromatic rings. The van der Waals surface area contributed by atoms with Crippen LogP contribution >= 0.6 is 11.8 Å². The molecule has 2 N–H and O–H groups in total. The van der Waals surface area contributed by atoms with Gasteiger partial charge in [-0.1, -0.05) is 12.1 Å². The molecule has 2 nitrogen and oxygen atoms in total. The van der Waals surface area contributed by atoms with Crippen LogP contribution < -0.4 is 5.32 Å². The van der Waals surface area contributed by atoms with E-state index in [9.17, 15) is 5.11 Å². The van der Waals surface area contributed by atoms with Gasteiger partial charge in [0.25, 0.3) is 0 Å². The first kappa shape index (κ1) is 12.8. The summed E-state index contributed by atoms with van der Waals surface area (Å²) in [6, 6.07) is 7.73. The first-order valence-electron chi connectivity index (χ1n) is 6.32. The van der Waals surface area contributed by atoms with E-state index in [0.29, 0.717) is 11.7 Å². The van der Waals surface area contributed by atoms with Crippen LogP contribution in [-0.2, 0) is 0 Å². The van der Waals surface area contributed by atoms with Crippen molar-refractivity contribution in [3.63, 3.8) is 0 Å². The van der Waals surface area contributed by atoms with E-state index in [1.54, 1.807) is 12.1 Å². The summed E-state index contributed by atoms with van der Waals surface area (Å²) in [5.74, 6) is 4.29. The summed E-state index contributed by atoms with van der Waals surface area (Å²) in [5.41, 5.74) is 1.35. The Hall–Kier alpha value is -0.670. The zero-order valence-electron chi connectivity index (χ0n) is 10.4. The van der Waals surface area contributed by atoms with E-state index in [1.807, 2.05) is 7.05 Å². The summed E-state index contributed by atoms with van der Waals surface area (Å²) in [6.45, 7) is 1.02. The largest absolute Gasteiger partial charge is 0.508 e. The molecular formula is C14H21NOS. The Bertz CT molecular complexity index is 333. The zero-order chi connectivity index (χ0) is 12.1. The molecule has 3 heteroatoms. The lowest BCUT2D eigenvalue weighted by Gasteiger charge is -2.30. The van der Waals surface area contributed by atoms with E-state index in [4.69, 9.17) is 0 Å². The number of benzene rings is 1. The van der Waals surface area contributed by atoms with Gasteiger partial charge in [-0.25, -0.2) is 0 Å². The fourth-order valence-electron chi connectivity index (χ4n) is 2.58. The van der Waals surface area contributed by atoms with Gasteiger partial charge in [0.05, 0.1) is 0 Å². The highest BCUT2D eigenvalue weighted by atomic mass is 32.2. The van der Waals surface area contributed by atoms with E-state index in [0.717, 1.165) is 12.5 Å². The zero-order valence-corrected chi connectivity index (χ0v) is 11.2. The van der Waals surface area contributed by atoms with Crippen LogP contribution in [0, 0.1) is 5.92 Å². The molecule has 94 valence electrons. The van der Waals surface area contributed by atoms with Crippen molar-refractivity contribution in [1.29, 1.82) is 0 Å². The Morgan fingerprint density at radius 2 is 2.18 bits per heavy atom. The maximum atomic E-state index is 9.36. The highest BCUT2D eigenvalue weighted by Crippen LogP contribution is 2.34. The molecule has 1 saturated heterocycles. The number of rotatable bonds is 4. The van der Waals surface area contributed by atoms with Crippen molar-refractivity contribution in [2.75, 3.05) is 25.1 Å². The normalized spacial score (nSPS) is 22.3. The smallest absolute Gasteiger partial charge is 0.115 e. The van der Waals surface area contributed by atoms with Gasteiger partial charge in [0.1, 0.15) is 5.75 Å². The molecule has 17 heavy (non-hydrogen) atoms. The highest BCUT2D eigenvalue weighted by molar-refractivity contribution is 7.99. The molecule has 0 bridgehead atoms. The van der Waals surface area contributed by atoms with Crippen molar-refractivity contribution < 1.29 is 5.11 Å². The van der Waals surface area contributed by atoms with Crippen LogP contribution in [0.25, 0.3) is 0 Å². The second kappa shape index (κ2) is 6.31. The number of aromatic hydroxyl groups is 1. The minimum Gasteiger partial charge on any atom is -0.508 e. The van der Waals surface area contributed by atoms with Crippen LogP contribution in [0.15, 0.2) is 24.3 Å². The summed E-state index contributed by atoms with van der Waals surface area (Å²) in [5, 5.41) is 12.7. The van der Waals surface area contributed by atoms with Crippen LogP contribution in [0.2, 0.25) is 0 Å². The molecule has 2 unspecified atom stereocenters. The predicted molar refractivity (Wildman–Crippen MR) is 74.8 cm³/mol. The molecule has 1 aromatic carbocycles. The highest BCUT2D eigenvalue weighted by Gasteiger charge is 2.24. The molecular weight excluding hydrogens is 230 g/mol. The lowest BCUT2D eigenvalue weighted by Crippen LogP contribution is -2.27. The van der Waals surface area contributed by atoms with E-state index in [1.165, 1.54) is 29.9 Å². The van der Waals surface area contributed by atoms with Gasteiger partial charge in [0.2, 0.25) is 0 Å². The van der Waals surface area contributed by atoms with Crippen LogP contribution in [-0.4, -0.2) is 30.2 Å². The van der Waals surface area contributed by atoms with Crippen molar-refractivity contribution in [1.82, 2.24) is 5.32 Å². The molecule has 1 aliphatic heterocycles. The Morgan fingerprint density at radius 1 is 1.41 bits per heavy atom. The maximum absolute atomic E-state index is 9.36. The quantitative estimate of drug-likeness (QED) is 0.863. The van der Waals surface area contributed by atoms with E-state index in [-0.39, 0.29) is 0 Å². The molecule has 0 aliphatic carbocycles. The molecule has 1 fully saturated rings. The number of hydrogen-bond acceptors (Lipinski definition) is 3. The van der Waals surface area contributed by atoms with Crippen molar-refractivity contribution in [2.24, 2.45) is 5.92 Å². The first-order valence-corrected chi connectivity index (χ1v) is 7.48. The van der Waals surface area contributed by atoms with Gasteiger partial charge in [0.15, 0.2) is 0 Å². The van der Waals surface area contributed by atoms with Crippen LogP contribution in [0.5, 0.6) is 5.75 Å². The monoisotopic (exact) mass is 251 g/mol. The molecule has 0 spiro atoms. The summed E-state index contributed by atoms with van der Waals surface area (Å²) >= 11 is 2.08. The third-order valence-corrected chi connectivity index (χ3v) is 4.75. The van der Waals surface area contributed by atoms with Gasteiger partial charge in [-0.05, 0) is 60.9 Å². The minimum absolute atomic E-state index is 0.356. The van der Waals surface area contributed by atoms with Crippen LogP contribution in [0.1, 0.15) is 24.3 Å². The molecule has 0 amide bonds. The number of likely N-dealkylation sites (N-methyl/N-ethyl adjacent to an activating group) is 1.